The number of hydrogen-bond donors (Lipinski definition) is 1. The van der Waals surface area contributed by atoms with E-state index in [1.807, 2.05) is 6.92 Å². The molecule has 4 nitrogen and oxygen atoms in total. The SMILES string of the molecule is Cc1ccc(NC(=O)[C@H](C)C(F)(F)F)cc1-c1cnn(C)c1. The van der Waals surface area contributed by atoms with Gasteiger partial charge in [-0.05, 0) is 37.1 Å². The normalized spacial score (nSPS) is 13.0. The molecule has 0 saturated carbocycles. The number of benzene rings is 1. The largest absolute Gasteiger partial charge is 0.400 e. The van der Waals surface area contributed by atoms with Crippen LogP contribution >= 0.6 is 0 Å². The molecule has 0 saturated heterocycles. The lowest BCUT2D eigenvalue weighted by atomic mass is 10.0. The molecular weight excluding hydrogens is 295 g/mol. The molecule has 7 heteroatoms. The van der Waals surface area contributed by atoms with E-state index in [1.54, 1.807) is 42.3 Å². The number of hydrogen-bond acceptors (Lipinski definition) is 2. The van der Waals surface area contributed by atoms with Gasteiger partial charge in [0.05, 0.1) is 6.20 Å². The molecule has 1 aromatic carbocycles. The second kappa shape index (κ2) is 5.82. The molecule has 0 unspecified atom stereocenters. The molecule has 1 amide bonds. The molecule has 2 rings (SSSR count). The number of rotatable bonds is 3. The zero-order valence-electron chi connectivity index (χ0n) is 12.4. The van der Waals surface area contributed by atoms with Gasteiger partial charge in [0.2, 0.25) is 5.91 Å². The standard InChI is InChI=1S/C15H16F3N3O/c1-9-4-5-12(20-14(22)10(2)15(16,17)18)6-13(9)11-7-19-21(3)8-11/h4-8,10H,1-3H3,(H,20,22)/t10-/m0/s1. The van der Waals surface area contributed by atoms with Crippen LogP contribution in [0.1, 0.15) is 12.5 Å². The first-order chi connectivity index (χ1) is 10.2. The van der Waals surface area contributed by atoms with Crippen LogP contribution in [0.15, 0.2) is 30.6 Å². The smallest absolute Gasteiger partial charge is 0.326 e. The molecule has 0 fully saturated rings. The van der Waals surface area contributed by atoms with Crippen molar-refractivity contribution in [2.75, 3.05) is 5.32 Å². The van der Waals surface area contributed by atoms with E-state index >= 15 is 0 Å². The van der Waals surface area contributed by atoms with Crippen molar-refractivity contribution in [3.8, 4) is 11.1 Å². The van der Waals surface area contributed by atoms with Gasteiger partial charge >= 0.3 is 6.18 Å². The molecule has 1 heterocycles. The number of anilines is 1. The topological polar surface area (TPSA) is 46.9 Å². The minimum atomic E-state index is -4.55. The summed E-state index contributed by atoms with van der Waals surface area (Å²) in [5.74, 6) is -3.14. The van der Waals surface area contributed by atoms with E-state index in [4.69, 9.17) is 0 Å². The van der Waals surface area contributed by atoms with Crippen LogP contribution in [0.4, 0.5) is 18.9 Å². The average Bonchev–Trinajstić information content (AvgIpc) is 2.85. The summed E-state index contributed by atoms with van der Waals surface area (Å²) in [5, 5.41) is 6.37. The van der Waals surface area contributed by atoms with E-state index < -0.39 is 18.0 Å². The highest BCUT2D eigenvalue weighted by atomic mass is 19.4. The Hall–Kier alpha value is -2.31. The highest BCUT2D eigenvalue weighted by Gasteiger charge is 2.41. The fraction of sp³-hybridized carbons (Fsp3) is 0.333. The summed E-state index contributed by atoms with van der Waals surface area (Å²) in [7, 11) is 1.77. The summed E-state index contributed by atoms with van der Waals surface area (Å²) in [6.07, 6.45) is -1.10. The predicted molar refractivity (Wildman–Crippen MR) is 77.2 cm³/mol. The van der Waals surface area contributed by atoms with Crippen molar-refractivity contribution < 1.29 is 18.0 Å². The number of carbonyl (C=O) groups is 1. The predicted octanol–water partition coefficient (Wildman–Crippen LogP) is 3.53. The molecule has 1 aromatic heterocycles. The number of carbonyl (C=O) groups excluding carboxylic acids is 1. The highest BCUT2D eigenvalue weighted by Crippen LogP contribution is 2.29. The summed E-state index contributed by atoms with van der Waals surface area (Å²) in [6.45, 7) is 2.72. The van der Waals surface area contributed by atoms with Crippen molar-refractivity contribution in [2.24, 2.45) is 13.0 Å². The first-order valence-electron chi connectivity index (χ1n) is 6.65. The molecule has 22 heavy (non-hydrogen) atoms. The minimum Gasteiger partial charge on any atom is -0.326 e. The Kier molecular flexibility index (Phi) is 4.25. The van der Waals surface area contributed by atoms with Gasteiger partial charge in [0.25, 0.3) is 0 Å². The molecule has 1 N–H and O–H groups in total. The Morgan fingerprint density at radius 1 is 1.36 bits per heavy atom. The van der Waals surface area contributed by atoms with E-state index in [9.17, 15) is 18.0 Å². The van der Waals surface area contributed by atoms with E-state index in [1.165, 1.54) is 0 Å². The fourth-order valence-electron chi connectivity index (χ4n) is 1.97. The second-order valence-electron chi connectivity index (χ2n) is 5.18. The van der Waals surface area contributed by atoms with Crippen LogP contribution < -0.4 is 5.32 Å². The van der Waals surface area contributed by atoms with Gasteiger partial charge < -0.3 is 5.32 Å². The molecule has 1 atom stereocenters. The van der Waals surface area contributed by atoms with Gasteiger partial charge in [0.1, 0.15) is 5.92 Å². The summed E-state index contributed by atoms with van der Waals surface area (Å²) in [5.41, 5.74) is 2.91. The van der Waals surface area contributed by atoms with Crippen LogP contribution in [0.2, 0.25) is 0 Å². The first kappa shape index (κ1) is 16.1. The number of amides is 1. The molecule has 2 aromatic rings. The van der Waals surface area contributed by atoms with E-state index in [0.717, 1.165) is 23.6 Å². The minimum absolute atomic E-state index is 0.325. The third-order valence-corrected chi connectivity index (χ3v) is 3.41. The number of aromatic nitrogens is 2. The molecule has 0 aliphatic carbocycles. The van der Waals surface area contributed by atoms with Gasteiger partial charge in [-0.1, -0.05) is 6.07 Å². The van der Waals surface area contributed by atoms with Crippen molar-refractivity contribution in [1.29, 1.82) is 0 Å². The third kappa shape index (κ3) is 3.47. The quantitative estimate of drug-likeness (QED) is 0.942. The molecule has 118 valence electrons. The zero-order chi connectivity index (χ0) is 16.5. The average molecular weight is 311 g/mol. The van der Waals surface area contributed by atoms with Crippen LogP contribution in [0.25, 0.3) is 11.1 Å². The van der Waals surface area contributed by atoms with Crippen LogP contribution in [-0.4, -0.2) is 21.9 Å². The Morgan fingerprint density at radius 3 is 2.59 bits per heavy atom. The first-order valence-corrected chi connectivity index (χ1v) is 6.65. The van der Waals surface area contributed by atoms with Crippen LogP contribution in [0, 0.1) is 12.8 Å². The van der Waals surface area contributed by atoms with E-state index in [2.05, 4.69) is 10.4 Å². The molecule has 0 aliphatic heterocycles. The molecule has 0 spiro atoms. The van der Waals surface area contributed by atoms with E-state index in [0.29, 0.717) is 5.69 Å². The molecule has 0 aliphatic rings. The highest BCUT2D eigenvalue weighted by molar-refractivity contribution is 5.93. The monoisotopic (exact) mass is 311 g/mol. The summed E-state index contributed by atoms with van der Waals surface area (Å²) in [4.78, 5) is 11.6. The second-order valence-corrected chi connectivity index (χ2v) is 5.18. The molecule has 0 bridgehead atoms. The number of nitrogens with one attached hydrogen (secondary N) is 1. The van der Waals surface area contributed by atoms with Gasteiger partial charge in [-0.3, -0.25) is 9.48 Å². The maximum atomic E-state index is 12.5. The van der Waals surface area contributed by atoms with Crippen LogP contribution in [0.3, 0.4) is 0 Å². The summed E-state index contributed by atoms with van der Waals surface area (Å²) < 4.78 is 39.3. The van der Waals surface area contributed by atoms with Gasteiger partial charge in [-0.25, -0.2) is 0 Å². The lowest BCUT2D eigenvalue weighted by Gasteiger charge is -2.16. The van der Waals surface area contributed by atoms with Gasteiger partial charge in [-0.2, -0.15) is 18.3 Å². The maximum Gasteiger partial charge on any atom is 0.400 e. The Labute approximate surface area is 125 Å². The van der Waals surface area contributed by atoms with Crippen molar-refractivity contribution in [1.82, 2.24) is 9.78 Å². The maximum absolute atomic E-state index is 12.5. The van der Waals surface area contributed by atoms with Gasteiger partial charge in [-0.15, -0.1) is 0 Å². The van der Waals surface area contributed by atoms with Crippen LogP contribution in [-0.2, 0) is 11.8 Å². The summed E-state index contributed by atoms with van der Waals surface area (Å²) >= 11 is 0. The van der Waals surface area contributed by atoms with Crippen LogP contribution in [0.5, 0.6) is 0 Å². The Morgan fingerprint density at radius 2 is 2.05 bits per heavy atom. The number of nitrogens with zero attached hydrogens (tertiary/aromatic N) is 2. The van der Waals surface area contributed by atoms with E-state index in [-0.39, 0.29) is 0 Å². The number of alkyl halides is 3. The lowest BCUT2D eigenvalue weighted by molar-refractivity contribution is -0.175. The number of aryl methyl sites for hydroxylation is 2. The van der Waals surface area contributed by atoms with Crippen molar-refractivity contribution in [3.63, 3.8) is 0 Å². The van der Waals surface area contributed by atoms with Gasteiger partial charge in [0, 0.05) is 24.5 Å². The van der Waals surface area contributed by atoms with Crippen molar-refractivity contribution >= 4 is 11.6 Å². The molecular formula is C15H16F3N3O. The Bertz CT molecular complexity index is 692. The van der Waals surface area contributed by atoms with Gasteiger partial charge in [0.15, 0.2) is 0 Å². The fourth-order valence-corrected chi connectivity index (χ4v) is 1.97. The zero-order valence-corrected chi connectivity index (χ0v) is 12.4. The molecule has 0 radical (unpaired) electrons. The number of halogens is 3. The van der Waals surface area contributed by atoms with Crippen molar-refractivity contribution in [2.45, 2.75) is 20.0 Å². The lowest BCUT2D eigenvalue weighted by Crippen LogP contribution is -2.32. The third-order valence-electron chi connectivity index (χ3n) is 3.41. The van der Waals surface area contributed by atoms with Crippen molar-refractivity contribution in [3.05, 3.63) is 36.2 Å². The Balaban J connectivity index is 2.25. The summed E-state index contributed by atoms with van der Waals surface area (Å²) in [6, 6.07) is 4.97.